The predicted molar refractivity (Wildman–Crippen MR) is 61.8 cm³/mol. The quantitative estimate of drug-likeness (QED) is 0.713. The van der Waals surface area contributed by atoms with Crippen molar-refractivity contribution in [3.05, 3.63) is 24.0 Å². The third-order valence-corrected chi connectivity index (χ3v) is 2.32. The molecule has 0 aliphatic rings. The Bertz CT molecular complexity index is 265. The molecule has 0 amide bonds. The Hall–Kier alpha value is -1.05. The van der Waals surface area contributed by atoms with Gasteiger partial charge in [-0.3, -0.25) is 4.98 Å². The highest BCUT2D eigenvalue weighted by Gasteiger charge is 2.06. The van der Waals surface area contributed by atoms with Crippen molar-refractivity contribution in [2.24, 2.45) is 0 Å². The van der Waals surface area contributed by atoms with Crippen LogP contribution in [0.4, 0.5) is 5.69 Å². The maximum Gasteiger partial charge on any atom is 0.0426 e. The van der Waals surface area contributed by atoms with Gasteiger partial charge in [-0.15, -0.1) is 0 Å². The highest BCUT2D eigenvalue weighted by Crippen LogP contribution is 2.18. The molecule has 0 atom stereocenters. The van der Waals surface area contributed by atoms with E-state index in [1.165, 1.54) is 24.1 Å². The summed E-state index contributed by atoms with van der Waals surface area (Å²) in [7, 11) is 0. The van der Waals surface area contributed by atoms with E-state index >= 15 is 0 Å². The van der Waals surface area contributed by atoms with E-state index in [2.05, 4.69) is 36.7 Å². The zero-order chi connectivity index (χ0) is 10.4. The van der Waals surface area contributed by atoms with E-state index < -0.39 is 0 Å². The van der Waals surface area contributed by atoms with Crippen molar-refractivity contribution in [1.82, 2.24) is 4.98 Å². The number of pyridine rings is 1. The minimum atomic E-state index is 1.14. The molecule has 0 N–H and O–H groups in total. The lowest BCUT2D eigenvalue weighted by Crippen LogP contribution is -2.25. The average molecular weight is 192 g/mol. The Morgan fingerprint density at radius 2 is 1.86 bits per heavy atom. The number of aryl methyl sites for hydroxylation is 1. The maximum atomic E-state index is 4.12. The Morgan fingerprint density at radius 3 is 2.36 bits per heavy atom. The molecule has 1 heterocycles. The molecular weight excluding hydrogens is 172 g/mol. The molecular formula is C12H20N2. The van der Waals surface area contributed by atoms with Crippen LogP contribution in [0.3, 0.4) is 0 Å². The van der Waals surface area contributed by atoms with Crippen LogP contribution in [0.15, 0.2) is 18.5 Å². The SMILES string of the molecule is CCCN(CCC)c1ccncc1C. The fraction of sp³-hybridized carbons (Fsp3) is 0.583. The second kappa shape index (κ2) is 5.63. The average Bonchev–Trinajstić information content (AvgIpc) is 2.18. The third kappa shape index (κ3) is 2.72. The van der Waals surface area contributed by atoms with Crippen LogP contribution < -0.4 is 4.90 Å². The summed E-state index contributed by atoms with van der Waals surface area (Å²) in [6.07, 6.45) is 6.21. The molecule has 0 aliphatic carbocycles. The number of aromatic nitrogens is 1. The molecule has 0 saturated carbocycles. The molecule has 0 aromatic carbocycles. The maximum absolute atomic E-state index is 4.12. The first kappa shape index (κ1) is 11.0. The third-order valence-electron chi connectivity index (χ3n) is 2.32. The minimum Gasteiger partial charge on any atom is -0.371 e. The summed E-state index contributed by atoms with van der Waals surface area (Å²) in [6.45, 7) is 8.84. The molecule has 1 rings (SSSR count). The molecule has 78 valence electrons. The van der Waals surface area contributed by atoms with Gasteiger partial charge in [-0.2, -0.15) is 0 Å². The van der Waals surface area contributed by atoms with Crippen molar-refractivity contribution in [2.45, 2.75) is 33.6 Å². The molecule has 0 fully saturated rings. The van der Waals surface area contributed by atoms with Crippen LogP contribution in [-0.2, 0) is 0 Å². The molecule has 1 aromatic rings. The molecule has 14 heavy (non-hydrogen) atoms. The number of rotatable bonds is 5. The lowest BCUT2D eigenvalue weighted by Gasteiger charge is -2.25. The number of hydrogen-bond acceptors (Lipinski definition) is 2. The monoisotopic (exact) mass is 192 g/mol. The van der Waals surface area contributed by atoms with Gasteiger partial charge in [0.15, 0.2) is 0 Å². The summed E-state index contributed by atoms with van der Waals surface area (Å²) in [6, 6.07) is 2.11. The molecule has 0 unspecified atom stereocenters. The van der Waals surface area contributed by atoms with Crippen molar-refractivity contribution in [2.75, 3.05) is 18.0 Å². The van der Waals surface area contributed by atoms with Crippen LogP contribution >= 0.6 is 0 Å². The van der Waals surface area contributed by atoms with Crippen LogP contribution in [0.1, 0.15) is 32.3 Å². The van der Waals surface area contributed by atoms with Crippen LogP contribution in [0.25, 0.3) is 0 Å². The Labute approximate surface area is 87.0 Å². The number of nitrogens with zero attached hydrogens (tertiary/aromatic N) is 2. The zero-order valence-corrected chi connectivity index (χ0v) is 9.45. The van der Waals surface area contributed by atoms with Gasteiger partial charge < -0.3 is 4.90 Å². The Kier molecular flexibility index (Phi) is 4.44. The second-order valence-electron chi connectivity index (χ2n) is 3.65. The molecule has 0 radical (unpaired) electrons. The first-order valence-electron chi connectivity index (χ1n) is 5.45. The van der Waals surface area contributed by atoms with Gasteiger partial charge >= 0.3 is 0 Å². The summed E-state index contributed by atoms with van der Waals surface area (Å²) in [5, 5.41) is 0. The topological polar surface area (TPSA) is 16.1 Å². The zero-order valence-electron chi connectivity index (χ0n) is 9.45. The fourth-order valence-electron chi connectivity index (χ4n) is 1.71. The van der Waals surface area contributed by atoms with Crippen molar-refractivity contribution in [1.29, 1.82) is 0 Å². The lowest BCUT2D eigenvalue weighted by molar-refractivity contribution is 0.742. The molecule has 2 nitrogen and oxygen atoms in total. The van der Waals surface area contributed by atoms with E-state index in [1.54, 1.807) is 0 Å². The van der Waals surface area contributed by atoms with Crippen LogP contribution in [0.2, 0.25) is 0 Å². The Morgan fingerprint density at radius 1 is 1.21 bits per heavy atom. The van der Waals surface area contributed by atoms with E-state index in [1.807, 2.05) is 12.4 Å². The summed E-state index contributed by atoms with van der Waals surface area (Å²) in [5.74, 6) is 0. The predicted octanol–water partition coefficient (Wildman–Crippen LogP) is 3.02. The molecule has 0 aliphatic heterocycles. The molecule has 0 spiro atoms. The van der Waals surface area contributed by atoms with E-state index in [0.717, 1.165) is 13.1 Å². The van der Waals surface area contributed by atoms with E-state index in [4.69, 9.17) is 0 Å². The first-order valence-corrected chi connectivity index (χ1v) is 5.45. The van der Waals surface area contributed by atoms with E-state index in [9.17, 15) is 0 Å². The summed E-state index contributed by atoms with van der Waals surface area (Å²) in [5.41, 5.74) is 2.61. The lowest BCUT2D eigenvalue weighted by atomic mass is 10.2. The number of anilines is 1. The van der Waals surface area contributed by atoms with Gasteiger partial charge in [0.25, 0.3) is 0 Å². The highest BCUT2D eigenvalue weighted by molar-refractivity contribution is 5.51. The molecule has 0 bridgehead atoms. The van der Waals surface area contributed by atoms with E-state index in [0.29, 0.717) is 0 Å². The van der Waals surface area contributed by atoms with Crippen molar-refractivity contribution < 1.29 is 0 Å². The van der Waals surface area contributed by atoms with Gasteiger partial charge in [0.05, 0.1) is 0 Å². The van der Waals surface area contributed by atoms with Crippen molar-refractivity contribution in [3.63, 3.8) is 0 Å². The first-order chi connectivity index (χ1) is 6.79. The number of hydrogen-bond donors (Lipinski definition) is 0. The molecule has 1 aromatic heterocycles. The minimum absolute atomic E-state index is 1.14. The van der Waals surface area contributed by atoms with Gasteiger partial charge in [-0.1, -0.05) is 13.8 Å². The van der Waals surface area contributed by atoms with Crippen molar-refractivity contribution >= 4 is 5.69 Å². The highest BCUT2D eigenvalue weighted by atomic mass is 15.1. The second-order valence-corrected chi connectivity index (χ2v) is 3.65. The summed E-state index contributed by atoms with van der Waals surface area (Å²) < 4.78 is 0. The largest absolute Gasteiger partial charge is 0.371 e. The van der Waals surface area contributed by atoms with Gasteiger partial charge in [-0.05, 0) is 31.4 Å². The van der Waals surface area contributed by atoms with Crippen LogP contribution in [0.5, 0.6) is 0 Å². The molecule has 2 heteroatoms. The standard InChI is InChI=1S/C12H20N2/c1-4-8-14(9-5-2)12-6-7-13-10-11(12)3/h6-7,10H,4-5,8-9H2,1-3H3. The smallest absolute Gasteiger partial charge is 0.0426 e. The van der Waals surface area contributed by atoms with Gasteiger partial charge in [-0.25, -0.2) is 0 Å². The van der Waals surface area contributed by atoms with Crippen LogP contribution in [-0.4, -0.2) is 18.1 Å². The van der Waals surface area contributed by atoms with Crippen LogP contribution in [0, 0.1) is 6.92 Å². The Balaban J connectivity index is 2.81. The molecule has 0 saturated heterocycles. The van der Waals surface area contributed by atoms with Gasteiger partial charge in [0, 0.05) is 31.2 Å². The normalized spacial score (nSPS) is 10.2. The fourth-order valence-corrected chi connectivity index (χ4v) is 1.71. The summed E-state index contributed by atoms with van der Waals surface area (Å²) in [4.78, 5) is 6.56. The van der Waals surface area contributed by atoms with Crippen molar-refractivity contribution in [3.8, 4) is 0 Å². The van der Waals surface area contributed by atoms with E-state index in [-0.39, 0.29) is 0 Å². The van der Waals surface area contributed by atoms with Gasteiger partial charge in [0.1, 0.15) is 0 Å². The summed E-state index contributed by atoms with van der Waals surface area (Å²) >= 11 is 0. The van der Waals surface area contributed by atoms with Gasteiger partial charge in [0.2, 0.25) is 0 Å².